The molecule has 3 N–H and O–H groups in total. The van der Waals surface area contributed by atoms with E-state index in [0.29, 0.717) is 40.2 Å². The van der Waals surface area contributed by atoms with Crippen molar-refractivity contribution in [2.45, 2.75) is 53.1 Å². The van der Waals surface area contributed by atoms with Crippen LogP contribution in [-0.4, -0.2) is 30.0 Å². The average Bonchev–Trinajstić information content (AvgIpc) is 3.37. The number of benzene rings is 1. The van der Waals surface area contributed by atoms with Crippen LogP contribution in [0.3, 0.4) is 0 Å². The minimum atomic E-state index is -0.701. The number of nitrogens with zero attached hydrogens (tertiary/aromatic N) is 4. The summed E-state index contributed by atoms with van der Waals surface area (Å²) in [7, 11) is 0. The van der Waals surface area contributed by atoms with Crippen molar-refractivity contribution in [1.82, 2.24) is 24.9 Å². The topological polar surface area (TPSA) is 139 Å². The van der Waals surface area contributed by atoms with Gasteiger partial charge in [-0.1, -0.05) is 32.9 Å². The molecule has 5 aromatic rings. The molecule has 0 aliphatic rings. The second kappa shape index (κ2) is 10.2. The molecular formula is C29H29FN6O4. The van der Waals surface area contributed by atoms with E-state index in [1.807, 2.05) is 27.7 Å². The summed E-state index contributed by atoms with van der Waals surface area (Å²) in [5.74, 6) is 0.428. The fourth-order valence-electron chi connectivity index (χ4n) is 4.56. The summed E-state index contributed by atoms with van der Waals surface area (Å²) in [6.07, 6.45) is 3.53. The van der Waals surface area contributed by atoms with E-state index < -0.39 is 18.0 Å². The quantitative estimate of drug-likeness (QED) is 0.280. The van der Waals surface area contributed by atoms with Crippen molar-refractivity contribution >= 4 is 22.3 Å². The Morgan fingerprint density at radius 1 is 1.15 bits per heavy atom. The molecule has 0 radical (unpaired) electrons. The number of halogens is 1. The van der Waals surface area contributed by atoms with Crippen LogP contribution in [0, 0.1) is 12.7 Å². The highest BCUT2D eigenvalue weighted by atomic mass is 19.1. The lowest BCUT2D eigenvalue weighted by atomic mass is 9.86. The van der Waals surface area contributed by atoms with Crippen molar-refractivity contribution < 1.29 is 14.0 Å². The van der Waals surface area contributed by atoms with Crippen LogP contribution in [0.1, 0.15) is 50.3 Å². The van der Waals surface area contributed by atoms with Crippen LogP contribution in [0.25, 0.3) is 27.7 Å². The number of aromatic nitrogens is 5. The van der Waals surface area contributed by atoms with Crippen molar-refractivity contribution in [3.8, 4) is 16.9 Å². The van der Waals surface area contributed by atoms with Crippen molar-refractivity contribution in [3.05, 3.63) is 91.8 Å². The summed E-state index contributed by atoms with van der Waals surface area (Å²) in [6, 6.07) is 8.10. The Hall–Kier alpha value is -4.64. The lowest BCUT2D eigenvalue weighted by Gasteiger charge is -2.20. The number of hydrogen-bond acceptors (Lipinski definition) is 8. The number of aromatic amines is 1. The Kier molecular flexibility index (Phi) is 6.84. The first-order valence-corrected chi connectivity index (χ1v) is 12.8. The van der Waals surface area contributed by atoms with Crippen molar-refractivity contribution in [3.63, 3.8) is 0 Å². The third kappa shape index (κ3) is 4.79. The lowest BCUT2D eigenvalue weighted by molar-refractivity contribution is 0.281. The standard InChI is InChI=1S/C29H29FN6O4/c1-6-18-11-24(35-40-18)34-23-12-20(15(2)33-27(23)38)19-7-8-31-26(21(19)14-37)36-28(39)25-16(13-32-36)9-17(10-22(25)30)29(3,4)5/h7-13,37H,6,14H2,1-5H3,(H,33,38)(H,34,35). The number of nitrogens with one attached hydrogen (secondary N) is 2. The van der Waals surface area contributed by atoms with Crippen LogP contribution in [0.15, 0.2) is 56.8 Å². The number of pyridine rings is 2. The number of aliphatic hydroxyl groups is 1. The molecule has 0 fully saturated rings. The average molecular weight is 545 g/mol. The zero-order chi connectivity index (χ0) is 28.8. The van der Waals surface area contributed by atoms with Crippen LogP contribution < -0.4 is 16.4 Å². The zero-order valence-electron chi connectivity index (χ0n) is 22.8. The summed E-state index contributed by atoms with van der Waals surface area (Å²) in [6.45, 7) is 9.01. The number of hydrogen-bond donors (Lipinski definition) is 3. The molecule has 0 aliphatic heterocycles. The number of fused-ring (bicyclic) bond motifs is 1. The maximum Gasteiger partial charge on any atom is 0.283 e. The van der Waals surface area contributed by atoms with E-state index in [4.69, 9.17) is 4.52 Å². The lowest BCUT2D eigenvalue weighted by Crippen LogP contribution is -2.25. The Balaban J connectivity index is 1.65. The van der Waals surface area contributed by atoms with E-state index in [0.717, 1.165) is 10.2 Å². The van der Waals surface area contributed by atoms with Crippen molar-refractivity contribution in [2.75, 3.05) is 5.32 Å². The van der Waals surface area contributed by atoms with Gasteiger partial charge in [-0.2, -0.15) is 9.78 Å². The molecule has 11 heteroatoms. The second-order valence-electron chi connectivity index (χ2n) is 10.6. The molecule has 0 atom stereocenters. The van der Waals surface area contributed by atoms with Gasteiger partial charge >= 0.3 is 0 Å². The number of anilines is 2. The molecule has 1 aromatic carbocycles. The highest BCUT2D eigenvalue weighted by Gasteiger charge is 2.22. The van der Waals surface area contributed by atoms with Gasteiger partial charge in [-0.15, -0.1) is 0 Å². The molecule has 4 heterocycles. The largest absolute Gasteiger partial charge is 0.392 e. The summed E-state index contributed by atoms with van der Waals surface area (Å²) in [4.78, 5) is 33.3. The molecule has 0 unspecified atom stereocenters. The van der Waals surface area contributed by atoms with E-state index in [9.17, 15) is 14.7 Å². The van der Waals surface area contributed by atoms with Crippen LogP contribution in [-0.2, 0) is 18.4 Å². The molecule has 4 aromatic heterocycles. The third-order valence-corrected chi connectivity index (χ3v) is 6.80. The number of H-pyrrole nitrogens is 1. The first-order chi connectivity index (χ1) is 19.0. The highest BCUT2D eigenvalue weighted by molar-refractivity contribution is 5.83. The van der Waals surface area contributed by atoms with Gasteiger partial charge in [-0.05, 0) is 47.7 Å². The Labute approximate surface area is 228 Å². The number of rotatable bonds is 6. The number of aliphatic hydroxyl groups excluding tert-OH is 1. The SMILES string of the molecule is CCc1cc(Nc2cc(-c3ccnc(-n4ncc5cc(C(C)(C)C)cc(F)c5c4=O)c3CO)c(C)[nH]c2=O)no1. The van der Waals surface area contributed by atoms with Gasteiger partial charge in [0.25, 0.3) is 11.1 Å². The first-order valence-electron chi connectivity index (χ1n) is 12.8. The van der Waals surface area contributed by atoms with Gasteiger partial charge in [0.1, 0.15) is 17.3 Å². The maximum absolute atomic E-state index is 15.2. The fourth-order valence-corrected chi connectivity index (χ4v) is 4.56. The normalized spacial score (nSPS) is 11.8. The molecule has 0 spiro atoms. The minimum absolute atomic E-state index is 0.0513. The van der Waals surface area contributed by atoms with E-state index in [2.05, 4.69) is 25.5 Å². The van der Waals surface area contributed by atoms with E-state index in [1.165, 1.54) is 18.5 Å². The third-order valence-electron chi connectivity index (χ3n) is 6.80. The summed E-state index contributed by atoms with van der Waals surface area (Å²) in [5.41, 5.74) is 1.43. The van der Waals surface area contributed by atoms with Gasteiger partial charge in [0.15, 0.2) is 11.6 Å². The summed E-state index contributed by atoms with van der Waals surface area (Å²) in [5, 5.41) is 21.8. The van der Waals surface area contributed by atoms with Crippen LogP contribution in [0.2, 0.25) is 0 Å². The highest BCUT2D eigenvalue weighted by Crippen LogP contribution is 2.31. The van der Waals surface area contributed by atoms with Gasteiger partial charge in [-0.3, -0.25) is 9.59 Å². The summed E-state index contributed by atoms with van der Waals surface area (Å²) < 4.78 is 21.4. The molecule has 0 bridgehead atoms. The molecule has 0 saturated heterocycles. The molecule has 5 rings (SSSR count). The van der Waals surface area contributed by atoms with Gasteiger partial charge in [0.05, 0.1) is 18.2 Å². The summed E-state index contributed by atoms with van der Waals surface area (Å²) >= 11 is 0. The Bertz CT molecular complexity index is 1870. The monoisotopic (exact) mass is 544 g/mol. The van der Waals surface area contributed by atoms with E-state index in [1.54, 1.807) is 31.2 Å². The van der Waals surface area contributed by atoms with Crippen molar-refractivity contribution in [2.24, 2.45) is 0 Å². The Morgan fingerprint density at radius 2 is 1.93 bits per heavy atom. The second-order valence-corrected chi connectivity index (χ2v) is 10.6. The zero-order valence-corrected chi connectivity index (χ0v) is 22.8. The molecule has 0 saturated carbocycles. The molecule has 40 heavy (non-hydrogen) atoms. The molecule has 0 amide bonds. The van der Waals surface area contributed by atoms with Gasteiger partial charge in [0, 0.05) is 40.9 Å². The number of aryl methyl sites for hydroxylation is 2. The Morgan fingerprint density at radius 3 is 2.60 bits per heavy atom. The minimum Gasteiger partial charge on any atom is -0.392 e. The molecule has 206 valence electrons. The van der Waals surface area contributed by atoms with Gasteiger partial charge in [-0.25, -0.2) is 9.37 Å². The maximum atomic E-state index is 15.2. The predicted molar refractivity (Wildman–Crippen MR) is 150 cm³/mol. The van der Waals surface area contributed by atoms with E-state index >= 15 is 4.39 Å². The van der Waals surface area contributed by atoms with Gasteiger partial charge in [0.2, 0.25) is 0 Å². The van der Waals surface area contributed by atoms with Crippen LogP contribution in [0.4, 0.5) is 15.9 Å². The fraction of sp³-hybridized carbons (Fsp3) is 0.276. The first kappa shape index (κ1) is 26.9. The van der Waals surface area contributed by atoms with Gasteiger partial charge < -0.3 is 19.9 Å². The van der Waals surface area contributed by atoms with Crippen LogP contribution in [0.5, 0.6) is 0 Å². The van der Waals surface area contributed by atoms with Crippen LogP contribution >= 0.6 is 0 Å². The predicted octanol–water partition coefficient (Wildman–Crippen LogP) is 4.67. The smallest absolute Gasteiger partial charge is 0.283 e. The molecule has 10 nitrogen and oxygen atoms in total. The van der Waals surface area contributed by atoms with E-state index in [-0.39, 0.29) is 33.4 Å². The molecule has 0 aliphatic carbocycles. The van der Waals surface area contributed by atoms with Crippen molar-refractivity contribution in [1.29, 1.82) is 0 Å². The molecular weight excluding hydrogens is 515 g/mol.